The average Bonchev–Trinajstić information content (AvgIpc) is 3.14. The van der Waals surface area contributed by atoms with Gasteiger partial charge < -0.3 is 0 Å². The lowest BCUT2D eigenvalue weighted by Gasteiger charge is -2.27. The molecule has 194 valence electrons. The van der Waals surface area contributed by atoms with Crippen LogP contribution in [0.2, 0.25) is 0 Å². The lowest BCUT2D eigenvalue weighted by molar-refractivity contribution is 0.835. The van der Waals surface area contributed by atoms with Crippen molar-refractivity contribution in [3.8, 4) is 22.3 Å². The summed E-state index contributed by atoms with van der Waals surface area (Å²) in [5.41, 5.74) is 12.7. The minimum atomic E-state index is 0.328. The average molecular weight is 501 g/mol. The Morgan fingerprint density at radius 2 is 0.895 bits per heavy atom. The Bertz CT molecular complexity index is 1550. The molecule has 2 N–H and O–H groups in total. The van der Waals surface area contributed by atoms with E-state index in [0.717, 1.165) is 27.5 Å². The lowest BCUT2D eigenvalue weighted by atomic mass is 9.76. The molecule has 38 heavy (non-hydrogen) atoms. The van der Waals surface area contributed by atoms with E-state index in [0.29, 0.717) is 35.1 Å². The Morgan fingerprint density at radius 3 is 1.37 bits per heavy atom. The Hall–Kier alpha value is -3.52. The molecule has 0 spiro atoms. The summed E-state index contributed by atoms with van der Waals surface area (Å²) in [4.78, 5) is 0. The first kappa shape index (κ1) is 26.1. The van der Waals surface area contributed by atoms with Crippen molar-refractivity contribution in [3.05, 3.63) is 94.0 Å². The predicted molar refractivity (Wildman–Crippen MR) is 165 cm³/mol. The zero-order chi connectivity index (χ0) is 27.5. The van der Waals surface area contributed by atoms with Crippen LogP contribution < -0.4 is 0 Å². The fraction of sp³-hybridized carbons (Fsp3) is 0.333. The Balaban J connectivity index is 2.09. The molecular formula is C36H40N2. The fourth-order valence-corrected chi connectivity index (χ4v) is 6.33. The van der Waals surface area contributed by atoms with Gasteiger partial charge in [0.2, 0.25) is 0 Å². The van der Waals surface area contributed by atoms with Gasteiger partial charge in [0, 0.05) is 22.1 Å². The van der Waals surface area contributed by atoms with Gasteiger partial charge in [0.25, 0.3) is 0 Å². The second-order valence-electron chi connectivity index (χ2n) is 12.1. The van der Waals surface area contributed by atoms with Gasteiger partial charge in [-0.25, -0.2) is 0 Å². The van der Waals surface area contributed by atoms with Crippen LogP contribution >= 0.6 is 0 Å². The first-order valence-electron chi connectivity index (χ1n) is 14.1. The van der Waals surface area contributed by atoms with Crippen molar-refractivity contribution in [2.24, 2.45) is 0 Å². The quantitative estimate of drug-likeness (QED) is 0.264. The molecule has 2 nitrogen and oxygen atoms in total. The van der Waals surface area contributed by atoms with Gasteiger partial charge in [-0.15, -0.1) is 0 Å². The highest BCUT2D eigenvalue weighted by molar-refractivity contribution is 6.60. The molecule has 0 saturated carbocycles. The van der Waals surface area contributed by atoms with Crippen molar-refractivity contribution >= 4 is 22.2 Å². The van der Waals surface area contributed by atoms with Crippen molar-refractivity contribution in [2.75, 3.05) is 0 Å². The molecule has 1 aliphatic carbocycles. The van der Waals surface area contributed by atoms with Gasteiger partial charge in [-0.1, -0.05) is 110 Å². The summed E-state index contributed by atoms with van der Waals surface area (Å²) in [6.45, 7) is 18.2. The molecule has 5 rings (SSSR count). The molecular weight excluding hydrogens is 460 g/mol. The molecule has 0 fully saturated rings. The van der Waals surface area contributed by atoms with Crippen LogP contribution in [-0.4, -0.2) is 11.4 Å². The molecule has 2 heteroatoms. The second-order valence-corrected chi connectivity index (χ2v) is 12.1. The van der Waals surface area contributed by atoms with Crippen molar-refractivity contribution in [2.45, 2.75) is 79.1 Å². The standard InChI is InChI=1S/C36H40N2/c1-19(2)24-13-10-14-25(20(3)4)31(24)29-18-23-12-9-17-28-30(23)34(36(38)35(28)37)33(29)32-26(21(5)6)15-11-16-27(32)22(7)8/h9-22,37-38H,1-8H3. The van der Waals surface area contributed by atoms with Crippen LogP contribution in [0.15, 0.2) is 60.7 Å². The van der Waals surface area contributed by atoms with E-state index in [2.05, 4.69) is 104 Å². The van der Waals surface area contributed by atoms with Crippen LogP contribution in [0.5, 0.6) is 0 Å². The van der Waals surface area contributed by atoms with Crippen LogP contribution in [0.4, 0.5) is 0 Å². The number of hydrogen-bond donors (Lipinski definition) is 2. The fourth-order valence-electron chi connectivity index (χ4n) is 6.33. The zero-order valence-electron chi connectivity index (χ0n) is 24.1. The SMILES string of the molecule is CC(C)c1cccc(C(C)C)c1-c1cc2cccc3c2c(c1-c1c(C(C)C)cccc1C(C)C)C(=N)C3=N. The third kappa shape index (κ3) is 3.93. The Labute approximate surface area is 228 Å². The van der Waals surface area contributed by atoms with Gasteiger partial charge in [-0.2, -0.15) is 0 Å². The summed E-state index contributed by atoms with van der Waals surface area (Å²) in [7, 11) is 0. The normalized spacial score (nSPS) is 13.3. The van der Waals surface area contributed by atoms with Crippen LogP contribution in [-0.2, 0) is 0 Å². The Kier molecular flexibility index (Phi) is 6.63. The summed E-state index contributed by atoms with van der Waals surface area (Å²) in [6, 6.07) is 22.0. The highest BCUT2D eigenvalue weighted by atomic mass is 14.6. The number of hydrogen-bond acceptors (Lipinski definition) is 2. The van der Waals surface area contributed by atoms with Crippen molar-refractivity contribution < 1.29 is 0 Å². The summed E-state index contributed by atoms with van der Waals surface area (Å²) >= 11 is 0. The van der Waals surface area contributed by atoms with Crippen molar-refractivity contribution in [1.29, 1.82) is 10.8 Å². The van der Waals surface area contributed by atoms with E-state index in [1.54, 1.807) is 0 Å². The summed E-state index contributed by atoms with van der Waals surface area (Å²) in [6.07, 6.45) is 0. The van der Waals surface area contributed by atoms with E-state index in [4.69, 9.17) is 5.41 Å². The van der Waals surface area contributed by atoms with E-state index in [-0.39, 0.29) is 0 Å². The van der Waals surface area contributed by atoms with Gasteiger partial charge in [0.05, 0.1) is 11.4 Å². The summed E-state index contributed by atoms with van der Waals surface area (Å²) < 4.78 is 0. The number of benzene rings is 4. The first-order valence-corrected chi connectivity index (χ1v) is 14.1. The third-order valence-electron chi connectivity index (χ3n) is 8.20. The molecule has 4 aromatic rings. The van der Waals surface area contributed by atoms with E-state index >= 15 is 0 Å². The monoisotopic (exact) mass is 500 g/mol. The van der Waals surface area contributed by atoms with Gasteiger partial charge >= 0.3 is 0 Å². The lowest BCUT2D eigenvalue weighted by Crippen LogP contribution is -2.11. The molecule has 4 aromatic carbocycles. The third-order valence-corrected chi connectivity index (χ3v) is 8.20. The van der Waals surface area contributed by atoms with Crippen molar-refractivity contribution in [3.63, 3.8) is 0 Å². The highest BCUT2D eigenvalue weighted by Gasteiger charge is 2.33. The molecule has 0 bridgehead atoms. The minimum absolute atomic E-state index is 0.328. The number of rotatable bonds is 6. The van der Waals surface area contributed by atoms with Gasteiger partial charge in [-0.05, 0) is 74.1 Å². The Morgan fingerprint density at radius 1 is 0.447 bits per heavy atom. The molecule has 0 saturated heterocycles. The summed E-state index contributed by atoms with van der Waals surface area (Å²) in [5, 5.41) is 20.4. The molecule has 0 atom stereocenters. The topological polar surface area (TPSA) is 47.7 Å². The second kappa shape index (κ2) is 9.66. The predicted octanol–water partition coefficient (Wildman–Crippen LogP) is 10.4. The highest BCUT2D eigenvalue weighted by Crippen LogP contribution is 2.50. The van der Waals surface area contributed by atoms with E-state index in [9.17, 15) is 5.41 Å². The minimum Gasteiger partial charge on any atom is -0.298 e. The van der Waals surface area contributed by atoms with Crippen LogP contribution in [0, 0.1) is 10.8 Å². The van der Waals surface area contributed by atoms with Crippen molar-refractivity contribution in [1.82, 2.24) is 0 Å². The maximum absolute atomic E-state index is 9.28. The van der Waals surface area contributed by atoms with Gasteiger partial charge in [0.15, 0.2) is 0 Å². The van der Waals surface area contributed by atoms with Crippen LogP contribution in [0.1, 0.15) is 112 Å². The number of nitrogens with one attached hydrogen (secondary N) is 2. The smallest absolute Gasteiger partial charge is 0.0880 e. The molecule has 0 radical (unpaired) electrons. The maximum atomic E-state index is 9.28. The molecule has 1 aliphatic rings. The molecule has 0 unspecified atom stereocenters. The van der Waals surface area contributed by atoms with Gasteiger partial charge in [0.1, 0.15) is 0 Å². The zero-order valence-corrected chi connectivity index (χ0v) is 24.1. The van der Waals surface area contributed by atoms with E-state index in [1.807, 2.05) is 12.1 Å². The molecule has 0 aliphatic heterocycles. The first-order chi connectivity index (χ1) is 18.0. The molecule has 0 aromatic heterocycles. The van der Waals surface area contributed by atoms with Crippen LogP contribution in [0.3, 0.4) is 0 Å². The van der Waals surface area contributed by atoms with E-state index < -0.39 is 0 Å². The summed E-state index contributed by atoms with van der Waals surface area (Å²) in [5.74, 6) is 1.37. The van der Waals surface area contributed by atoms with Gasteiger partial charge in [-0.3, -0.25) is 10.8 Å². The largest absolute Gasteiger partial charge is 0.298 e. The van der Waals surface area contributed by atoms with E-state index in [1.165, 1.54) is 38.9 Å². The molecule has 0 amide bonds. The van der Waals surface area contributed by atoms with Crippen LogP contribution in [0.25, 0.3) is 33.0 Å². The molecule has 0 heterocycles. The maximum Gasteiger partial charge on any atom is 0.0880 e.